The highest BCUT2D eigenvalue weighted by molar-refractivity contribution is 6.07. The maximum absolute atomic E-state index is 13.1. The third-order valence-corrected chi connectivity index (χ3v) is 4.71. The molecule has 0 aliphatic heterocycles. The molecule has 0 fully saturated rings. The first-order chi connectivity index (χ1) is 14.5. The largest absolute Gasteiger partial charge is 0.618 e. The summed E-state index contributed by atoms with van der Waals surface area (Å²) in [5.74, 6) is -1.04. The van der Waals surface area contributed by atoms with Gasteiger partial charge in [0.1, 0.15) is 12.1 Å². The van der Waals surface area contributed by atoms with E-state index in [1.165, 1.54) is 0 Å². The minimum atomic E-state index is -0.555. The van der Waals surface area contributed by atoms with Crippen LogP contribution >= 0.6 is 0 Å². The molecule has 1 heterocycles. The van der Waals surface area contributed by atoms with E-state index in [0.717, 1.165) is 5.56 Å². The van der Waals surface area contributed by atoms with Gasteiger partial charge in [0.25, 0.3) is 11.5 Å². The molecule has 1 aromatic heterocycles. The van der Waals surface area contributed by atoms with Crippen LogP contribution in [0.4, 0.5) is 0 Å². The first-order valence-electron chi connectivity index (χ1n) is 9.39. The summed E-state index contributed by atoms with van der Waals surface area (Å²) in [4.78, 5) is 29.9. The molecule has 3 aromatic carbocycles. The summed E-state index contributed by atoms with van der Waals surface area (Å²) in [6.07, 6.45) is 0. The maximum Gasteiger partial charge on any atom is 0.338 e. The highest BCUT2D eigenvalue weighted by Gasteiger charge is 2.28. The van der Waals surface area contributed by atoms with Crippen molar-refractivity contribution in [1.82, 2.24) is 4.98 Å². The van der Waals surface area contributed by atoms with Gasteiger partial charge in [-0.15, -0.1) is 0 Å². The van der Waals surface area contributed by atoms with E-state index in [9.17, 15) is 14.8 Å². The molecule has 0 saturated heterocycles. The molecule has 0 aliphatic rings. The van der Waals surface area contributed by atoms with Crippen molar-refractivity contribution in [2.45, 2.75) is 13.5 Å². The van der Waals surface area contributed by atoms with Gasteiger partial charge in [-0.05, 0) is 25.1 Å². The number of benzene rings is 3. The van der Waals surface area contributed by atoms with E-state index in [0.29, 0.717) is 21.4 Å². The van der Waals surface area contributed by atoms with Gasteiger partial charge < -0.3 is 9.94 Å². The zero-order valence-electron chi connectivity index (χ0n) is 16.2. The second kappa shape index (κ2) is 8.13. The van der Waals surface area contributed by atoms with Crippen LogP contribution in [0.3, 0.4) is 0 Å². The summed E-state index contributed by atoms with van der Waals surface area (Å²) in [6, 6.07) is 22.1. The number of esters is 1. The summed E-state index contributed by atoms with van der Waals surface area (Å²) in [5.41, 5.74) is 2.39. The summed E-state index contributed by atoms with van der Waals surface area (Å²) in [6.45, 7) is 1.62. The van der Waals surface area contributed by atoms with Gasteiger partial charge in [-0.3, -0.25) is 4.79 Å². The lowest BCUT2D eigenvalue weighted by atomic mass is 10.1. The van der Waals surface area contributed by atoms with Crippen LogP contribution in [0.2, 0.25) is 0 Å². The third-order valence-electron chi connectivity index (χ3n) is 4.71. The van der Waals surface area contributed by atoms with Crippen LogP contribution in [0.5, 0.6) is 0 Å². The third kappa shape index (κ3) is 3.75. The second-order valence-electron chi connectivity index (χ2n) is 6.83. The number of hydrogen-bond acceptors (Lipinski definition) is 5. The van der Waals surface area contributed by atoms with Crippen molar-refractivity contribution in [2.24, 2.45) is 0 Å². The number of ether oxygens (including phenoxy) is 1. The zero-order chi connectivity index (χ0) is 21.1. The number of fused-ring (bicyclic) bond motifs is 1. The Hall–Kier alpha value is -4.06. The Morgan fingerprint density at radius 3 is 2.30 bits per heavy atom. The Balaban J connectivity index is 1.73. The van der Waals surface area contributed by atoms with E-state index >= 15 is 0 Å². The molecule has 4 rings (SSSR count). The molecule has 0 unspecified atom stereocenters. The van der Waals surface area contributed by atoms with Crippen LogP contribution in [-0.2, 0) is 11.3 Å². The molecule has 30 heavy (non-hydrogen) atoms. The Kier molecular flexibility index (Phi) is 5.22. The Bertz CT molecular complexity index is 1240. The Morgan fingerprint density at radius 2 is 1.57 bits per heavy atom. The first kappa shape index (κ1) is 19.3. The monoisotopic (exact) mass is 398 g/mol. The molecule has 4 aromatic rings. The molecule has 148 valence electrons. The van der Waals surface area contributed by atoms with Crippen LogP contribution in [0, 0.1) is 12.1 Å². The van der Waals surface area contributed by atoms with Gasteiger partial charge >= 0.3 is 5.97 Å². The molecule has 6 heteroatoms. The minimum Gasteiger partial charge on any atom is -0.618 e. The van der Waals surface area contributed by atoms with Crippen molar-refractivity contribution in [3.63, 3.8) is 0 Å². The quantitative estimate of drug-likeness (QED) is 0.221. The standard InChI is InChI=1S/C24H18N2O4/c1-16-11-13-18(14-12-16)24(28)30-15-20-22(23(27)17-7-3-2-4-8-17)26(29)21-10-6-5-9-19(21)25-20/h2-14H,15H2,1H3. The number of nitrogens with zero attached hydrogens (tertiary/aromatic N) is 2. The minimum absolute atomic E-state index is 0.109. The first-order valence-corrected chi connectivity index (χ1v) is 9.39. The van der Waals surface area contributed by atoms with Gasteiger partial charge in [-0.1, -0.05) is 60.2 Å². The lowest BCUT2D eigenvalue weighted by Crippen LogP contribution is -2.38. The van der Waals surface area contributed by atoms with E-state index in [4.69, 9.17) is 4.74 Å². The highest BCUT2D eigenvalue weighted by atomic mass is 16.5. The van der Waals surface area contributed by atoms with Crippen molar-refractivity contribution in [3.8, 4) is 0 Å². The Labute approximate surface area is 173 Å². The van der Waals surface area contributed by atoms with Crippen molar-refractivity contribution in [3.05, 3.63) is 112 Å². The average Bonchev–Trinajstić information content (AvgIpc) is 2.78. The fourth-order valence-corrected chi connectivity index (χ4v) is 3.12. The van der Waals surface area contributed by atoms with Gasteiger partial charge in [0, 0.05) is 11.6 Å². The molecule has 6 nitrogen and oxygen atoms in total. The topological polar surface area (TPSA) is 83.2 Å². The molecule has 0 aliphatic carbocycles. The average molecular weight is 398 g/mol. The van der Waals surface area contributed by atoms with Crippen LogP contribution in [0.15, 0.2) is 78.9 Å². The van der Waals surface area contributed by atoms with E-state index < -0.39 is 11.8 Å². The second-order valence-corrected chi connectivity index (χ2v) is 6.83. The van der Waals surface area contributed by atoms with Crippen molar-refractivity contribution in [2.75, 3.05) is 0 Å². The smallest absolute Gasteiger partial charge is 0.338 e. The SMILES string of the molecule is Cc1ccc(C(=O)OCc2nc3ccccc3[n+]([O-])c2C(=O)c2ccccc2)cc1. The number of ketones is 1. The number of hydrogen-bond donors (Lipinski definition) is 0. The van der Waals surface area contributed by atoms with E-state index in [1.54, 1.807) is 78.9 Å². The molecule has 0 amide bonds. The summed E-state index contributed by atoms with van der Waals surface area (Å²) in [7, 11) is 0. The Morgan fingerprint density at radius 1 is 0.900 bits per heavy atom. The summed E-state index contributed by atoms with van der Waals surface area (Å²) in [5, 5.41) is 13.0. The molecule has 0 N–H and O–H groups in total. The van der Waals surface area contributed by atoms with Gasteiger partial charge in [0.2, 0.25) is 5.52 Å². The van der Waals surface area contributed by atoms with E-state index in [-0.39, 0.29) is 23.5 Å². The normalized spacial score (nSPS) is 10.7. The fourth-order valence-electron chi connectivity index (χ4n) is 3.12. The predicted octanol–water partition coefficient (Wildman–Crippen LogP) is 3.76. The number of aryl methyl sites for hydroxylation is 1. The van der Waals surface area contributed by atoms with E-state index in [2.05, 4.69) is 4.98 Å². The van der Waals surface area contributed by atoms with Crippen LogP contribution in [-0.4, -0.2) is 16.7 Å². The maximum atomic E-state index is 13.1. The molecule has 0 bridgehead atoms. The molecule has 0 saturated carbocycles. The van der Waals surface area contributed by atoms with E-state index in [1.807, 2.05) is 6.92 Å². The van der Waals surface area contributed by atoms with Crippen molar-refractivity contribution in [1.29, 1.82) is 0 Å². The molecule has 0 atom stereocenters. The zero-order valence-corrected chi connectivity index (χ0v) is 16.2. The van der Waals surface area contributed by atoms with Crippen LogP contribution < -0.4 is 4.73 Å². The van der Waals surface area contributed by atoms with Gasteiger partial charge in [-0.2, -0.15) is 4.73 Å². The fraction of sp³-hybridized carbons (Fsp3) is 0.0833. The highest BCUT2D eigenvalue weighted by Crippen LogP contribution is 2.17. The molecule has 0 radical (unpaired) electrons. The lowest BCUT2D eigenvalue weighted by Gasteiger charge is -2.12. The van der Waals surface area contributed by atoms with Crippen molar-refractivity contribution < 1.29 is 19.1 Å². The molecule has 0 spiro atoms. The van der Waals surface area contributed by atoms with Gasteiger partial charge in [-0.25, -0.2) is 9.78 Å². The lowest BCUT2D eigenvalue weighted by molar-refractivity contribution is -0.580. The predicted molar refractivity (Wildman–Crippen MR) is 111 cm³/mol. The summed E-state index contributed by atoms with van der Waals surface area (Å²) >= 11 is 0. The van der Waals surface area contributed by atoms with Gasteiger partial charge in [0.05, 0.1) is 5.56 Å². The van der Waals surface area contributed by atoms with Crippen LogP contribution in [0.1, 0.15) is 37.7 Å². The molecular formula is C24H18N2O4. The van der Waals surface area contributed by atoms with Crippen molar-refractivity contribution >= 4 is 22.8 Å². The number of aromatic nitrogens is 2. The summed E-state index contributed by atoms with van der Waals surface area (Å²) < 4.78 is 5.94. The number of carbonyl (C=O) groups is 2. The number of rotatable bonds is 5. The van der Waals surface area contributed by atoms with Crippen LogP contribution in [0.25, 0.3) is 11.0 Å². The molecular weight excluding hydrogens is 380 g/mol. The number of para-hydroxylation sites is 2. The number of carbonyl (C=O) groups excluding carboxylic acids is 2. The van der Waals surface area contributed by atoms with Gasteiger partial charge in [0.15, 0.2) is 5.69 Å².